The number of rotatable bonds is 3. The van der Waals surface area contributed by atoms with Crippen LogP contribution in [0.4, 0.5) is 11.4 Å². The Morgan fingerprint density at radius 2 is 1.78 bits per heavy atom. The molecular formula is C17H14Cl2N2O2. The standard InChI is InChI=1S/C17H14Cl2N2O2/c18-12-4-3-5-13(19)11(12)8-9-17(23)21-10-16(22)20-14-6-1-2-7-15(14)21/h1-7H,8-10H2,(H,20,22). The number of hydrogen-bond acceptors (Lipinski definition) is 2. The lowest BCUT2D eigenvalue weighted by molar-refractivity contribution is -0.121. The molecule has 1 aliphatic heterocycles. The van der Waals surface area contributed by atoms with E-state index < -0.39 is 0 Å². The fourth-order valence-electron chi connectivity index (χ4n) is 2.59. The van der Waals surface area contributed by atoms with Gasteiger partial charge in [0.25, 0.3) is 0 Å². The van der Waals surface area contributed by atoms with E-state index in [1.54, 1.807) is 24.3 Å². The Bertz CT molecular complexity index is 757. The largest absolute Gasteiger partial charge is 0.323 e. The molecule has 0 spiro atoms. The van der Waals surface area contributed by atoms with E-state index in [1.807, 2.05) is 18.2 Å². The first kappa shape index (κ1) is 15.8. The van der Waals surface area contributed by atoms with Crippen LogP contribution >= 0.6 is 23.2 Å². The zero-order chi connectivity index (χ0) is 16.4. The minimum Gasteiger partial charge on any atom is -0.323 e. The van der Waals surface area contributed by atoms with Gasteiger partial charge in [-0.3, -0.25) is 9.59 Å². The molecule has 4 nitrogen and oxygen atoms in total. The van der Waals surface area contributed by atoms with Gasteiger partial charge in [-0.05, 0) is 36.2 Å². The molecule has 3 rings (SSSR count). The molecule has 118 valence electrons. The Kier molecular flexibility index (Phi) is 4.55. The summed E-state index contributed by atoms with van der Waals surface area (Å²) in [5, 5.41) is 3.85. The van der Waals surface area contributed by atoms with Crippen LogP contribution in [0.5, 0.6) is 0 Å². The first-order valence-corrected chi connectivity index (χ1v) is 7.94. The van der Waals surface area contributed by atoms with E-state index in [1.165, 1.54) is 4.90 Å². The number of hydrogen-bond donors (Lipinski definition) is 1. The Morgan fingerprint density at radius 1 is 1.09 bits per heavy atom. The molecule has 0 fully saturated rings. The minimum absolute atomic E-state index is 0.0199. The van der Waals surface area contributed by atoms with Crippen molar-refractivity contribution in [1.82, 2.24) is 0 Å². The van der Waals surface area contributed by atoms with E-state index in [0.717, 1.165) is 5.56 Å². The predicted octanol–water partition coefficient (Wildman–Crippen LogP) is 3.91. The highest BCUT2D eigenvalue weighted by molar-refractivity contribution is 6.36. The maximum atomic E-state index is 12.6. The molecule has 0 bridgehead atoms. The van der Waals surface area contributed by atoms with Gasteiger partial charge in [-0.25, -0.2) is 0 Å². The normalized spacial score (nSPS) is 13.5. The number of nitrogens with one attached hydrogen (secondary N) is 1. The smallest absolute Gasteiger partial charge is 0.244 e. The third-order valence-electron chi connectivity index (χ3n) is 3.72. The number of carbonyl (C=O) groups is 2. The minimum atomic E-state index is -0.201. The number of carbonyl (C=O) groups excluding carboxylic acids is 2. The average molecular weight is 349 g/mol. The van der Waals surface area contributed by atoms with Crippen LogP contribution in [0, 0.1) is 0 Å². The summed E-state index contributed by atoms with van der Waals surface area (Å²) in [6.07, 6.45) is 0.655. The topological polar surface area (TPSA) is 49.4 Å². The third-order valence-corrected chi connectivity index (χ3v) is 4.43. The highest BCUT2D eigenvalue weighted by Gasteiger charge is 2.26. The van der Waals surface area contributed by atoms with Gasteiger partial charge >= 0.3 is 0 Å². The van der Waals surface area contributed by atoms with Gasteiger partial charge in [0, 0.05) is 16.5 Å². The Hall–Kier alpha value is -2.04. The molecule has 1 heterocycles. The molecule has 1 aliphatic rings. The average Bonchev–Trinajstić information content (AvgIpc) is 2.53. The molecule has 6 heteroatoms. The monoisotopic (exact) mass is 348 g/mol. The van der Waals surface area contributed by atoms with E-state index >= 15 is 0 Å². The van der Waals surface area contributed by atoms with Crippen molar-refractivity contribution in [2.24, 2.45) is 0 Å². The van der Waals surface area contributed by atoms with Crippen LogP contribution in [0.1, 0.15) is 12.0 Å². The Labute approximate surface area is 144 Å². The van der Waals surface area contributed by atoms with E-state index in [-0.39, 0.29) is 24.8 Å². The molecule has 23 heavy (non-hydrogen) atoms. The highest BCUT2D eigenvalue weighted by Crippen LogP contribution is 2.30. The van der Waals surface area contributed by atoms with E-state index in [2.05, 4.69) is 5.32 Å². The number of benzene rings is 2. The van der Waals surface area contributed by atoms with Gasteiger partial charge in [0.05, 0.1) is 11.4 Å². The molecule has 1 N–H and O–H groups in total. The molecular weight excluding hydrogens is 335 g/mol. The van der Waals surface area contributed by atoms with Crippen LogP contribution in [-0.2, 0) is 16.0 Å². The summed E-state index contributed by atoms with van der Waals surface area (Å²) >= 11 is 12.3. The summed E-state index contributed by atoms with van der Waals surface area (Å²) in [5.41, 5.74) is 2.11. The van der Waals surface area contributed by atoms with Crippen LogP contribution in [0.15, 0.2) is 42.5 Å². The lowest BCUT2D eigenvalue weighted by Crippen LogP contribution is -2.42. The second-order valence-corrected chi connectivity index (χ2v) is 6.06. The number of para-hydroxylation sites is 2. The number of fused-ring (bicyclic) bond motifs is 1. The molecule has 0 radical (unpaired) electrons. The van der Waals surface area contributed by atoms with E-state index in [0.29, 0.717) is 27.8 Å². The van der Waals surface area contributed by atoms with Crippen LogP contribution in [-0.4, -0.2) is 18.4 Å². The lowest BCUT2D eigenvalue weighted by atomic mass is 10.1. The van der Waals surface area contributed by atoms with Crippen molar-refractivity contribution in [3.8, 4) is 0 Å². The summed E-state index contributed by atoms with van der Waals surface area (Å²) in [7, 11) is 0. The molecule has 2 aromatic rings. The maximum Gasteiger partial charge on any atom is 0.244 e. The maximum absolute atomic E-state index is 12.6. The quantitative estimate of drug-likeness (QED) is 0.913. The summed E-state index contributed by atoms with van der Waals surface area (Å²) in [4.78, 5) is 25.8. The van der Waals surface area contributed by atoms with Crippen molar-refractivity contribution in [2.45, 2.75) is 12.8 Å². The van der Waals surface area contributed by atoms with Gasteiger partial charge in [-0.15, -0.1) is 0 Å². The second-order valence-electron chi connectivity index (χ2n) is 5.25. The SMILES string of the molecule is O=C1CN(C(=O)CCc2c(Cl)cccc2Cl)c2ccccc2N1. The van der Waals surface area contributed by atoms with Crippen molar-refractivity contribution >= 4 is 46.4 Å². The third kappa shape index (κ3) is 3.33. The summed E-state index contributed by atoms with van der Waals surface area (Å²) in [6.45, 7) is 0.0199. The number of nitrogens with zero attached hydrogens (tertiary/aromatic N) is 1. The van der Waals surface area contributed by atoms with E-state index in [9.17, 15) is 9.59 Å². The van der Waals surface area contributed by atoms with Crippen molar-refractivity contribution < 1.29 is 9.59 Å². The lowest BCUT2D eigenvalue weighted by Gasteiger charge is -2.29. The van der Waals surface area contributed by atoms with Crippen molar-refractivity contribution in [3.63, 3.8) is 0 Å². The predicted molar refractivity (Wildman–Crippen MR) is 92.2 cm³/mol. The molecule has 0 saturated heterocycles. The van der Waals surface area contributed by atoms with Crippen LogP contribution < -0.4 is 10.2 Å². The molecule has 0 aliphatic carbocycles. The second kappa shape index (κ2) is 6.60. The molecule has 2 amide bonds. The molecule has 0 unspecified atom stereocenters. The molecule has 0 aromatic heterocycles. The van der Waals surface area contributed by atoms with Gasteiger partial charge < -0.3 is 10.2 Å². The highest BCUT2D eigenvalue weighted by atomic mass is 35.5. The van der Waals surface area contributed by atoms with Gasteiger partial charge in [0.15, 0.2) is 0 Å². The van der Waals surface area contributed by atoms with Gasteiger partial charge in [0.2, 0.25) is 11.8 Å². The zero-order valence-corrected chi connectivity index (χ0v) is 13.7. The van der Waals surface area contributed by atoms with Crippen molar-refractivity contribution in [1.29, 1.82) is 0 Å². The van der Waals surface area contributed by atoms with E-state index in [4.69, 9.17) is 23.2 Å². The fourth-order valence-corrected chi connectivity index (χ4v) is 3.18. The van der Waals surface area contributed by atoms with Gasteiger partial charge in [0.1, 0.15) is 6.54 Å². The summed E-state index contributed by atoms with van der Waals surface area (Å²) < 4.78 is 0. The van der Waals surface area contributed by atoms with Crippen LogP contribution in [0.3, 0.4) is 0 Å². The first-order chi connectivity index (χ1) is 11.1. The zero-order valence-electron chi connectivity index (χ0n) is 12.2. The fraction of sp³-hybridized carbons (Fsp3) is 0.176. The van der Waals surface area contributed by atoms with Gasteiger partial charge in [-0.1, -0.05) is 41.4 Å². The number of halogens is 2. The molecule has 0 atom stereocenters. The Morgan fingerprint density at radius 3 is 2.52 bits per heavy atom. The first-order valence-electron chi connectivity index (χ1n) is 7.18. The number of anilines is 2. The van der Waals surface area contributed by atoms with Gasteiger partial charge in [-0.2, -0.15) is 0 Å². The summed E-state index contributed by atoms with van der Waals surface area (Å²) in [6, 6.07) is 12.5. The molecule has 2 aromatic carbocycles. The van der Waals surface area contributed by atoms with Crippen LogP contribution in [0.25, 0.3) is 0 Å². The van der Waals surface area contributed by atoms with Crippen molar-refractivity contribution in [2.75, 3.05) is 16.8 Å². The number of amides is 2. The summed E-state index contributed by atoms with van der Waals surface area (Å²) in [5.74, 6) is -0.337. The molecule has 0 saturated carbocycles. The van der Waals surface area contributed by atoms with Crippen molar-refractivity contribution in [3.05, 3.63) is 58.1 Å². The Balaban J connectivity index is 1.78. The van der Waals surface area contributed by atoms with Crippen LogP contribution in [0.2, 0.25) is 10.0 Å².